The maximum atomic E-state index is 14.3. The van der Waals surface area contributed by atoms with Gasteiger partial charge in [0.15, 0.2) is 0 Å². The van der Waals surface area contributed by atoms with Crippen molar-refractivity contribution >= 4 is 0 Å². The van der Waals surface area contributed by atoms with Crippen LogP contribution in [0.4, 0.5) is 4.39 Å². The molecule has 0 aromatic heterocycles. The van der Waals surface area contributed by atoms with Crippen LogP contribution < -0.4 is 5.32 Å². The molecule has 0 saturated carbocycles. The fraction of sp³-hybridized carbons (Fsp3) is 0.368. The molecule has 110 valence electrons. The highest BCUT2D eigenvalue weighted by Gasteiger charge is 2.29. The fourth-order valence-electron chi connectivity index (χ4n) is 3.34. The third-order valence-electron chi connectivity index (χ3n) is 4.54. The summed E-state index contributed by atoms with van der Waals surface area (Å²) >= 11 is 0. The smallest absolute Gasteiger partial charge is 0.126 e. The highest BCUT2D eigenvalue weighted by molar-refractivity contribution is 5.34. The second-order valence-electron chi connectivity index (χ2n) is 6.14. The molecule has 1 fully saturated rings. The van der Waals surface area contributed by atoms with Crippen LogP contribution in [0.5, 0.6) is 0 Å². The lowest BCUT2D eigenvalue weighted by Gasteiger charge is -2.33. The first kappa shape index (κ1) is 14.3. The van der Waals surface area contributed by atoms with E-state index in [9.17, 15) is 4.39 Å². The van der Waals surface area contributed by atoms with Crippen LogP contribution in [0, 0.1) is 19.7 Å². The van der Waals surface area contributed by atoms with Gasteiger partial charge in [0.05, 0.1) is 0 Å². The molecule has 0 aliphatic carbocycles. The molecule has 2 atom stereocenters. The molecule has 1 heterocycles. The summed E-state index contributed by atoms with van der Waals surface area (Å²) in [7, 11) is 0. The van der Waals surface area contributed by atoms with Crippen molar-refractivity contribution in [2.75, 3.05) is 13.1 Å². The van der Waals surface area contributed by atoms with Gasteiger partial charge in [0.25, 0.3) is 0 Å². The summed E-state index contributed by atoms with van der Waals surface area (Å²) < 4.78 is 14.3. The van der Waals surface area contributed by atoms with E-state index < -0.39 is 0 Å². The van der Waals surface area contributed by atoms with Crippen molar-refractivity contribution in [1.29, 1.82) is 0 Å². The third kappa shape index (κ3) is 3.01. The normalized spacial score (nSPS) is 22.2. The maximum Gasteiger partial charge on any atom is 0.126 e. The molecule has 1 nitrogen and oxygen atoms in total. The first-order valence-corrected chi connectivity index (χ1v) is 7.68. The molecule has 0 amide bonds. The first-order valence-electron chi connectivity index (χ1n) is 7.68. The zero-order valence-electron chi connectivity index (χ0n) is 12.7. The fourth-order valence-corrected chi connectivity index (χ4v) is 3.34. The molecular formula is C19H22FN. The van der Waals surface area contributed by atoms with E-state index in [-0.39, 0.29) is 11.7 Å². The molecule has 2 aromatic rings. The highest BCUT2D eigenvalue weighted by Crippen LogP contribution is 2.38. The molecule has 1 N–H and O–H groups in total. The van der Waals surface area contributed by atoms with Crippen LogP contribution in [0.25, 0.3) is 0 Å². The molecule has 1 aliphatic heterocycles. The number of halogens is 1. The summed E-state index contributed by atoms with van der Waals surface area (Å²) in [5, 5.41) is 3.46. The molecule has 2 heteroatoms. The Morgan fingerprint density at radius 2 is 1.67 bits per heavy atom. The van der Waals surface area contributed by atoms with Gasteiger partial charge in [-0.25, -0.2) is 4.39 Å². The molecule has 0 radical (unpaired) electrons. The topological polar surface area (TPSA) is 12.0 Å². The van der Waals surface area contributed by atoms with Crippen LogP contribution >= 0.6 is 0 Å². The molecule has 1 saturated heterocycles. The van der Waals surface area contributed by atoms with Gasteiger partial charge in [0.2, 0.25) is 0 Å². The number of hydrogen-bond donors (Lipinski definition) is 1. The summed E-state index contributed by atoms with van der Waals surface area (Å²) in [4.78, 5) is 0. The Kier molecular flexibility index (Phi) is 4.07. The van der Waals surface area contributed by atoms with Crippen molar-refractivity contribution in [2.45, 2.75) is 32.1 Å². The van der Waals surface area contributed by atoms with Gasteiger partial charge in [-0.2, -0.15) is 0 Å². The molecule has 0 spiro atoms. The van der Waals surface area contributed by atoms with E-state index in [2.05, 4.69) is 36.5 Å². The molecule has 1 aliphatic rings. The summed E-state index contributed by atoms with van der Waals surface area (Å²) in [6, 6.07) is 14.1. The van der Waals surface area contributed by atoms with Crippen LogP contribution in [0.15, 0.2) is 42.5 Å². The molecule has 0 bridgehead atoms. The minimum absolute atomic E-state index is 0.0652. The van der Waals surface area contributed by atoms with Crippen molar-refractivity contribution in [3.8, 4) is 0 Å². The lowest BCUT2D eigenvalue weighted by molar-refractivity contribution is 0.393. The van der Waals surface area contributed by atoms with Gasteiger partial charge in [-0.15, -0.1) is 0 Å². The van der Waals surface area contributed by atoms with Gasteiger partial charge in [-0.1, -0.05) is 47.5 Å². The molecule has 2 aromatic carbocycles. The summed E-state index contributed by atoms with van der Waals surface area (Å²) in [5.74, 6) is 0.536. The second-order valence-corrected chi connectivity index (χ2v) is 6.14. The van der Waals surface area contributed by atoms with Crippen LogP contribution in [0.2, 0.25) is 0 Å². The number of piperidine rings is 1. The van der Waals surface area contributed by atoms with Gasteiger partial charge in [0, 0.05) is 12.5 Å². The molecule has 21 heavy (non-hydrogen) atoms. The van der Waals surface area contributed by atoms with E-state index in [0.717, 1.165) is 30.6 Å². The number of nitrogens with one attached hydrogen (secondary N) is 1. The average Bonchev–Trinajstić information content (AvgIpc) is 2.51. The van der Waals surface area contributed by atoms with E-state index in [1.807, 2.05) is 19.1 Å². The van der Waals surface area contributed by atoms with Crippen molar-refractivity contribution in [3.05, 3.63) is 70.5 Å². The standard InChI is InChI=1S/C19H22FN/c1-13-3-6-15(7-4-13)18-12-21-10-9-16(18)17-11-14(2)5-8-19(17)20/h3-8,11,16,18,21H,9-10,12H2,1-2H3. The third-order valence-corrected chi connectivity index (χ3v) is 4.54. The lowest BCUT2D eigenvalue weighted by atomic mass is 9.77. The average molecular weight is 283 g/mol. The van der Waals surface area contributed by atoms with Crippen molar-refractivity contribution < 1.29 is 4.39 Å². The van der Waals surface area contributed by atoms with E-state index in [1.54, 1.807) is 6.07 Å². The van der Waals surface area contributed by atoms with Gasteiger partial charge < -0.3 is 5.32 Å². The van der Waals surface area contributed by atoms with Crippen LogP contribution in [0.1, 0.15) is 40.5 Å². The predicted octanol–water partition coefficient (Wildman–Crippen LogP) is 4.30. The number of hydrogen-bond acceptors (Lipinski definition) is 1. The zero-order chi connectivity index (χ0) is 14.8. The van der Waals surface area contributed by atoms with Crippen LogP contribution in [-0.2, 0) is 0 Å². The Bertz CT molecular complexity index is 618. The first-order chi connectivity index (χ1) is 10.1. The Morgan fingerprint density at radius 3 is 2.43 bits per heavy atom. The van der Waals surface area contributed by atoms with Crippen molar-refractivity contribution in [3.63, 3.8) is 0 Å². The second kappa shape index (κ2) is 5.98. The quantitative estimate of drug-likeness (QED) is 0.866. The molecular weight excluding hydrogens is 261 g/mol. The SMILES string of the molecule is Cc1ccc(C2CNCCC2c2cc(C)ccc2F)cc1. The van der Waals surface area contributed by atoms with Gasteiger partial charge >= 0.3 is 0 Å². The number of aryl methyl sites for hydroxylation is 2. The lowest BCUT2D eigenvalue weighted by Crippen LogP contribution is -2.34. The van der Waals surface area contributed by atoms with Crippen molar-refractivity contribution in [2.24, 2.45) is 0 Å². The van der Waals surface area contributed by atoms with Crippen molar-refractivity contribution in [1.82, 2.24) is 5.32 Å². The summed E-state index contributed by atoms with van der Waals surface area (Å²) in [6.45, 7) is 6.01. The zero-order valence-corrected chi connectivity index (χ0v) is 12.7. The minimum atomic E-state index is -0.0652. The van der Waals surface area contributed by atoms with Gasteiger partial charge in [-0.3, -0.25) is 0 Å². The van der Waals surface area contributed by atoms with Gasteiger partial charge in [-0.05, 0) is 49.9 Å². The Labute approximate surface area is 126 Å². The minimum Gasteiger partial charge on any atom is -0.316 e. The van der Waals surface area contributed by atoms with E-state index in [4.69, 9.17) is 0 Å². The van der Waals surface area contributed by atoms with Crippen LogP contribution in [0.3, 0.4) is 0 Å². The largest absolute Gasteiger partial charge is 0.316 e. The number of rotatable bonds is 2. The summed E-state index contributed by atoms with van der Waals surface area (Å²) in [6.07, 6.45) is 0.985. The Balaban J connectivity index is 1.98. The monoisotopic (exact) mass is 283 g/mol. The van der Waals surface area contributed by atoms with E-state index >= 15 is 0 Å². The molecule has 3 rings (SSSR count). The van der Waals surface area contributed by atoms with Crippen LogP contribution in [-0.4, -0.2) is 13.1 Å². The van der Waals surface area contributed by atoms with E-state index in [0.29, 0.717) is 5.92 Å². The highest BCUT2D eigenvalue weighted by atomic mass is 19.1. The Morgan fingerprint density at radius 1 is 0.952 bits per heavy atom. The molecule has 2 unspecified atom stereocenters. The Hall–Kier alpha value is -1.67. The number of benzene rings is 2. The van der Waals surface area contributed by atoms with E-state index in [1.165, 1.54) is 11.1 Å². The summed E-state index contributed by atoms with van der Waals surface area (Å²) in [5.41, 5.74) is 4.58. The van der Waals surface area contributed by atoms with Gasteiger partial charge in [0.1, 0.15) is 5.82 Å². The maximum absolute atomic E-state index is 14.3. The predicted molar refractivity (Wildman–Crippen MR) is 85.3 cm³/mol.